The maximum absolute atomic E-state index is 15.2. The first-order valence-electron chi connectivity index (χ1n) is 32.2. The van der Waals surface area contributed by atoms with Gasteiger partial charge in [0, 0.05) is 68.1 Å². The maximum atomic E-state index is 15.2. The number of hydrogen-bond acceptors (Lipinski definition) is 13. The molecule has 24 nitrogen and oxygen atoms in total. The summed E-state index contributed by atoms with van der Waals surface area (Å²) in [4.78, 5) is 181. The summed E-state index contributed by atoms with van der Waals surface area (Å²) < 4.78 is 0. The lowest BCUT2D eigenvalue weighted by molar-refractivity contribution is -0.157. The van der Waals surface area contributed by atoms with Gasteiger partial charge >= 0.3 is 5.97 Å². The van der Waals surface area contributed by atoms with Crippen LogP contribution in [0.1, 0.15) is 181 Å². The van der Waals surface area contributed by atoms with Crippen molar-refractivity contribution in [2.45, 2.75) is 242 Å². The van der Waals surface area contributed by atoms with E-state index in [-0.39, 0.29) is 68.6 Å². The smallest absolute Gasteiger partial charge is 0.303 e. The number of carbonyl (C=O) groups is 12. The second-order valence-corrected chi connectivity index (χ2v) is 27.6. The summed E-state index contributed by atoms with van der Waals surface area (Å²) >= 11 is 0. The number of ketones is 1. The highest BCUT2D eigenvalue weighted by Gasteiger charge is 2.46. The van der Waals surface area contributed by atoms with Gasteiger partial charge in [0.05, 0.1) is 18.7 Å². The number of aliphatic hydroxyl groups is 1. The van der Waals surface area contributed by atoms with Crippen LogP contribution in [0.3, 0.4) is 0 Å². The van der Waals surface area contributed by atoms with Crippen LogP contribution in [0.25, 0.3) is 0 Å². The average molecular weight is 1260 g/mol. The predicted molar refractivity (Wildman–Crippen MR) is 341 cm³/mol. The molecule has 1 fully saturated rings. The van der Waals surface area contributed by atoms with E-state index in [9.17, 15) is 53.4 Å². The van der Waals surface area contributed by atoms with Crippen molar-refractivity contribution in [1.82, 2.24) is 50.2 Å². The van der Waals surface area contributed by atoms with Crippen molar-refractivity contribution in [2.24, 2.45) is 47.3 Å². The molecule has 510 valence electrons. The van der Waals surface area contributed by atoms with E-state index in [0.29, 0.717) is 25.7 Å². The van der Waals surface area contributed by atoms with Crippen molar-refractivity contribution in [3.63, 3.8) is 0 Å². The summed E-state index contributed by atoms with van der Waals surface area (Å²) in [5, 5.41) is 29.6. The van der Waals surface area contributed by atoms with Gasteiger partial charge in [0.2, 0.25) is 59.1 Å². The molecule has 1 aliphatic heterocycles. The molecule has 0 saturated carbocycles. The number of nitrogens with one attached hydrogen (secondary N) is 3. The molecule has 0 spiro atoms. The first kappa shape index (κ1) is 80.8. The normalized spacial score (nSPS) is 26.2. The molecule has 0 bridgehead atoms. The Morgan fingerprint density at radius 3 is 1.40 bits per heavy atom. The van der Waals surface area contributed by atoms with Crippen molar-refractivity contribution < 1.29 is 67.7 Å². The van der Waals surface area contributed by atoms with Crippen LogP contribution in [0.5, 0.6) is 0 Å². The van der Waals surface area contributed by atoms with Crippen LogP contribution in [-0.2, 0) is 57.5 Å². The Morgan fingerprint density at radius 2 is 0.933 bits per heavy atom. The SMILES string of the molecule is CC[C@@H]1NC(=O)[C@H]([C@H](O)[C@H](C)CCCCCC(=O)O)N(C)C(=O)[C@H](C(C)C)N(C)C(=O)[C@H](CC(C)C)N(C)C(=O)[C@H](CC(C)C)N(C)C(=O)[C@@H](C)NC(=O)[C@H](C)NC(=O)[C@H](CC(C)C)N(C)C(=O)[C@H](C(C)C)CC(=O)[C@H](CC(C)C)N(C)C(=O)CN(C)C1=O. The number of nitrogens with zero attached hydrogens (tertiary/aromatic N) is 7. The van der Waals surface area contributed by atoms with Crippen molar-refractivity contribution in [1.29, 1.82) is 0 Å². The molecule has 0 aromatic heterocycles. The van der Waals surface area contributed by atoms with E-state index < -0.39 is 162 Å². The minimum Gasteiger partial charge on any atom is -0.481 e. The number of rotatable bonds is 19. The Morgan fingerprint density at radius 1 is 0.483 bits per heavy atom. The molecule has 1 aliphatic rings. The van der Waals surface area contributed by atoms with Crippen LogP contribution in [0.15, 0.2) is 0 Å². The fraction of sp³-hybridized carbons (Fsp3) is 0.815. The first-order valence-corrected chi connectivity index (χ1v) is 32.2. The third-order valence-electron chi connectivity index (χ3n) is 17.3. The molecule has 1 rings (SSSR count). The minimum atomic E-state index is -1.67. The minimum absolute atomic E-state index is 0.00383. The lowest BCUT2D eigenvalue weighted by Gasteiger charge is -2.41. The number of aliphatic carboxylic acids is 1. The summed E-state index contributed by atoms with van der Waals surface area (Å²) in [7, 11) is 9.90. The van der Waals surface area contributed by atoms with Gasteiger partial charge in [0.1, 0.15) is 48.3 Å². The zero-order valence-corrected chi connectivity index (χ0v) is 58.3. The number of aliphatic hydroxyl groups excluding tert-OH is 1. The van der Waals surface area contributed by atoms with Crippen LogP contribution in [0.2, 0.25) is 0 Å². The molecule has 89 heavy (non-hydrogen) atoms. The summed E-state index contributed by atoms with van der Waals surface area (Å²) in [6, 6.07) is -11.2. The number of likely N-dealkylation sites (N-methyl/N-ethyl adjacent to an activating group) is 7. The monoisotopic (exact) mass is 1260 g/mol. The van der Waals surface area contributed by atoms with Crippen molar-refractivity contribution in [2.75, 3.05) is 55.9 Å². The number of carboxylic acids is 1. The van der Waals surface area contributed by atoms with Gasteiger partial charge in [-0.3, -0.25) is 57.5 Å². The topological polar surface area (TPSA) is 304 Å². The lowest BCUT2D eigenvalue weighted by atomic mass is 9.85. The molecule has 1 heterocycles. The van der Waals surface area contributed by atoms with E-state index >= 15 is 14.4 Å². The van der Waals surface area contributed by atoms with Gasteiger partial charge in [-0.2, -0.15) is 0 Å². The quantitative estimate of drug-likeness (QED) is 0.112. The molecule has 0 aromatic rings. The van der Waals surface area contributed by atoms with Crippen molar-refractivity contribution >= 4 is 70.8 Å². The molecule has 5 N–H and O–H groups in total. The second-order valence-electron chi connectivity index (χ2n) is 27.6. The highest BCUT2D eigenvalue weighted by Crippen LogP contribution is 2.28. The van der Waals surface area contributed by atoms with Crippen LogP contribution in [0, 0.1) is 47.3 Å². The Balaban J connectivity index is 4.33. The predicted octanol–water partition coefficient (Wildman–Crippen LogP) is 4.43. The molecule has 10 amide bonds. The van der Waals surface area contributed by atoms with Gasteiger partial charge in [0.25, 0.3) is 0 Å². The molecule has 12 atom stereocenters. The van der Waals surface area contributed by atoms with Crippen molar-refractivity contribution in [3.8, 4) is 0 Å². The molecule has 24 heteroatoms. The highest BCUT2D eigenvalue weighted by atomic mass is 16.4. The van der Waals surface area contributed by atoms with E-state index in [4.69, 9.17) is 0 Å². The van der Waals surface area contributed by atoms with Crippen LogP contribution in [0.4, 0.5) is 0 Å². The van der Waals surface area contributed by atoms with Gasteiger partial charge < -0.3 is 60.5 Å². The molecule has 1 saturated heterocycles. The van der Waals surface area contributed by atoms with Crippen LogP contribution < -0.4 is 16.0 Å². The van der Waals surface area contributed by atoms with E-state index in [0.717, 1.165) is 9.80 Å². The number of carboxylic acid groups (broad SMARTS) is 1. The third kappa shape index (κ3) is 23.8. The Kier molecular flexibility index (Phi) is 33.8. The molecule has 0 aromatic carbocycles. The summed E-state index contributed by atoms with van der Waals surface area (Å²) in [5.41, 5.74) is 0. The first-order chi connectivity index (χ1) is 41.1. The molecular formula is C65H116N10O14. The average Bonchev–Trinajstić information content (AvgIpc) is 0.957. The summed E-state index contributed by atoms with van der Waals surface area (Å²) in [6.07, 6.45) is 0.378. The van der Waals surface area contributed by atoms with Gasteiger partial charge in [-0.1, -0.05) is 110 Å². The number of unbranched alkanes of at least 4 members (excludes halogenated alkanes) is 2. The molecule has 0 unspecified atom stereocenters. The van der Waals surface area contributed by atoms with E-state index in [1.807, 2.05) is 55.4 Å². The Hall–Kier alpha value is -6.20. The molecule has 0 aliphatic carbocycles. The van der Waals surface area contributed by atoms with Crippen LogP contribution >= 0.6 is 0 Å². The van der Waals surface area contributed by atoms with Crippen LogP contribution in [-0.4, -0.2) is 232 Å². The number of hydrogen-bond donors (Lipinski definition) is 5. The summed E-state index contributed by atoms with van der Waals surface area (Å²) in [5.74, 6) is -11.4. The molecule has 0 radical (unpaired) electrons. The second kappa shape index (κ2) is 37.2. The largest absolute Gasteiger partial charge is 0.481 e. The van der Waals surface area contributed by atoms with Gasteiger partial charge in [-0.15, -0.1) is 0 Å². The standard InChI is InChI=1S/C65H116N10O14/c1-24-46-62(86)69(17)35-52(77)70(18)47(30-36(2)3)51(76)34-45(40(10)11)61(85)71(19)48(31-37(4)5)58(82)66-43(15)57(81)67-44(16)60(84)72(20)49(32-38(6)7)63(87)73(21)50(33-39(8)9)64(88)74(22)54(41(12)13)65(89)75(23)55(59(83)68-46)56(80)42(14)28-26-25-27-29-53(78)79/h36-50,54-56,80H,24-35H2,1-23H3,(H,66,82)(H,67,81)(H,68,83)(H,78,79)/t42-,43+,44-,45+,46+,47+,48+,49+,50+,54+,55+,56-/m1/s1. The fourth-order valence-corrected chi connectivity index (χ4v) is 11.6. The zero-order valence-electron chi connectivity index (χ0n) is 58.3. The van der Waals surface area contributed by atoms with E-state index in [1.165, 1.54) is 87.7 Å². The Labute approximate surface area is 532 Å². The van der Waals surface area contributed by atoms with Crippen molar-refractivity contribution in [3.05, 3.63) is 0 Å². The van der Waals surface area contributed by atoms with Gasteiger partial charge in [-0.05, 0) is 100 Å². The van der Waals surface area contributed by atoms with Gasteiger partial charge in [0.15, 0.2) is 5.78 Å². The number of Topliss-reactive ketones (excluding diaryl/α,β-unsaturated/α-hetero) is 1. The maximum Gasteiger partial charge on any atom is 0.303 e. The molecular weight excluding hydrogens is 1140 g/mol. The third-order valence-corrected chi connectivity index (χ3v) is 17.3. The lowest BCUT2D eigenvalue weighted by Crippen LogP contribution is -2.63. The number of amides is 10. The Bertz CT molecular complexity index is 2420. The zero-order chi connectivity index (χ0) is 69.0. The fourth-order valence-electron chi connectivity index (χ4n) is 11.6. The number of carbonyl (C=O) groups excluding carboxylic acids is 11. The van der Waals surface area contributed by atoms with Gasteiger partial charge in [-0.25, -0.2) is 0 Å². The van der Waals surface area contributed by atoms with E-state index in [1.54, 1.807) is 41.5 Å². The highest BCUT2D eigenvalue weighted by molar-refractivity contribution is 5.99. The van der Waals surface area contributed by atoms with E-state index in [2.05, 4.69) is 16.0 Å². The summed E-state index contributed by atoms with van der Waals surface area (Å²) in [6.45, 7) is 27.6.